The Bertz CT molecular complexity index is 580. The van der Waals surface area contributed by atoms with Crippen molar-refractivity contribution < 1.29 is 19.4 Å². The van der Waals surface area contributed by atoms with Crippen LogP contribution in [0, 0.1) is 0 Å². The summed E-state index contributed by atoms with van der Waals surface area (Å²) in [6.45, 7) is 9.18. The van der Waals surface area contributed by atoms with Crippen molar-refractivity contribution in [1.29, 1.82) is 0 Å². The fraction of sp³-hybridized carbons (Fsp3) is 0.550. The predicted octanol–water partition coefficient (Wildman–Crippen LogP) is 1.41. The lowest BCUT2D eigenvalue weighted by molar-refractivity contribution is -0.0733. The molecule has 144 valence electrons. The van der Waals surface area contributed by atoms with E-state index in [2.05, 4.69) is 11.5 Å². The first-order valence-electron chi connectivity index (χ1n) is 8.98. The van der Waals surface area contributed by atoms with Crippen molar-refractivity contribution in [2.75, 3.05) is 53.1 Å². The van der Waals surface area contributed by atoms with Gasteiger partial charge in [0, 0.05) is 38.9 Å². The third-order valence-electron chi connectivity index (χ3n) is 4.92. The average molecular weight is 362 g/mol. The van der Waals surface area contributed by atoms with E-state index in [1.165, 1.54) is 0 Å². The lowest BCUT2D eigenvalue weighted by Gasteiger charge is -2.43. The number of aliphatic hydroxyl groups is 1. The van der Waals surface area contributed by atoms with Gasteiger partial charge in [-0.1, -0.05) is 24.3 Å². The number of aliphatic hydroxyl groups excluding tert-OH is 1. The van der Waals surface area contributed by atoms with E-state index in [0.717, 1.165) is 6.54 Å². The van der Waals surface area contributed by atoms with Gasteiger partial charge >= 0.3 is 0 Å². The summed E-state index contributed by atoms with van der Waals surface area (Å²) in [6.07, 6.45) is 1.65. The summed E-state index contributed by atoms with van der Waals surface area (Å²) < 4.78 is 11.1. The van der Waals surface area contributed by atoms with Crippen LogP contribution in [0.1, 0.15) is 17.3 Å². The second kappa shape index (κ2) is 9.83. The minimum Gasteiger partial charge on any atom is -0.394 e. The molecule has 1 aromatic carbocycles. The van der Waals surface area contributed by atoms with Crippen molar-refractivity contribution in [3.63, 3.8) is 0 Å². The van der Waals surface area contributed by atoms with E-state index in [-0.39, 0.29) is 18.6 Å². The molecular formula is C20H30N2O4. The molecule has 2 atom stereocenters. The molecule has 0 radical (unpaired) electrons. The van der Waals surface area contributed by atoms with Gasteiger partial charge < -0.3 is 19.5 Å². The Kier molecular flexibility index (Phi) is 7.78. The molecular weight excluding hydrogens is 332 g/mol. The van der Waals surface area contributed by atoms with Gasteiger partial charge in [0.2, 0.25) is 0 Å². The maximum atomic E-state index is 12.9. The first-order valence-corrected chi connectivity index (χ1v) is 8.98. The molecule has 2 rings (SSSR count). The summed E-state index contributed by atoms with van der Waals surface area (Å²) in [7, 11) is 1.63. The fourth-order valence-corrected chi connectivity index (χ4v) is 3.07. The molecule has 0 bridgehead atoms. The summed E-state index contributed by atoms with van der Waals surface area (Å²) in [4.78, 5) is 16.8. The van der Waals surface area contributed by atoms with E-state index in [4.69, 9.17) is 9.47 Å². The van der Waals surface area contributed by atoms with Crippen LogP contribution < -0.4 is 0 Å². The van der Waals surface area contributed by atoms with E-state index in [9.17, 15) is 9.90 Å². The van der Waals surface area contributed by atoms with Gasteiger partial charge in [-0.25, -0.2) is 0 Å². The number of nitrogens with zero attached hydrogens (tertiary/aromatic N) is 2. The number of carbonyl (C=O) groups excluding carboxylic acids is 1. The Labute approximate surface area is 156 Å². The molecule has 1 saturated heterocycles. The highest BCUT2D eigenvalue weighted by molar-refractivity contribution is 5.94. The van der Waals surface area contributed by atoms with Crippen LogP contribution in [0.4, 0.5) is 0 Å². The molecule has 2 unspecified atom stereocenters. The molecule has 1 fully saturated rings. The second-order valence-electron chi connectivity index (χ2n) is 6.77. The number of hydrogen-bond donors (Lipinski definition) is 1. The molecule has 1 aliphatic rings. The van der Waals surface area contributed by atoms with Gasteiger partial charge in [-0.2, -0.15) is 0 Å². The lowest BCUT2D eigenvalue weighted by Crippen LogP contribution is -2.57. The number of hydrogen-bond acceptors (Lipinski definition) is 5. The maximum absolute atomic E-state index is 12.9. The highest BCUT2D eigenvalue weighted by Crippen LogP contribution is 2.20. The van der Waals surface area contributed by atoms with Crippen LogP contribution in [0.2, 0.25) is 0 Å². The molecule has 0 spiro atoms. The normalized spacial score (nSPS) is 20.3. The van der Waals surface area contributed by atoms with Crippen LogP contribution in [0.3, 0.4) is 0 Å². The minimum atomic E-state index is -0.483. The standard InChI is InChI=1S/C20H30N2O4/c1-4-20(2,16-23)22-11-13-26-18(15-22)14-21(10-12-25-3)19(24)17-8-6-5-7-9-17/h4-9,18,23H,1,10-16H2,2-3H3. The smallest absolute Gasteiger partial charge is 0.254 e. The average Bonchev–Trinajstić information content (AvgIpc) is 2.70. The number of carbonyl (C=O) groups is 1. The molecule has 6 heteroatoms. The van der Waals surface area contributed by atoms with Crippen LogP contribution in [0.5, 0.6) is 0 Å². The number of methoxy groups -OCH3 is 1. The largest absolute Gasteiger partial charge is 0.394 e. The van der Waals surface area contributed by atoms with Crippen molar-refractivity contribution in [2.24, 2.45) is 0 Å². The Morgan fingerprint density at radius 3 is 2.85 bits per heavy atom. The van der Waals surface area contributed by atoms with Crippen molar-refractivity contribution >= 4 is 5.91 Å². The SMILES string of the molecule is C=CC(C)(CO)N1CCOC(CN(CCOC)C(=O)c2ccccc2)C1. The molecule has 6 nitrogen and oxygen atoms in total. The van der Waals surface area contributed by atoms with Crippen LogP contribution in [0.25, 0.3) is 0 Å². The molecule has 26 heavy (non-hydrogen) atoms. The summed E-state index contributed by atoms with van der Waals surface area (Å²) in [5.41, 5.74) is 0.172. The summed E-state index contributed by atoms with van der Waals surface area (Å²) >= 11 is 0. The second-order valence-corrected chi connectivity index (χ2v) is 6.77. The van der Waals surface area contributed by atoms with Crippen LogP contribution in [-0.4, -0.2) is 85.6 Å². The molecule has 1 amide bonds. The third kappa shape index (κ3) is 5.14. The Morgan fingerprint density at radius 1 is 1.50 bits per heavy atom. The number of morpholine rings is 1. The summed E-state index contributed by atoms with van der Waals surface area (Å²) in [5, 5.41) is 9.72. The quantitative estimate of drug-likeness (QED) is 0.673. The van der Waals surface area contributed by atoms with Gasteiger partial charge in [-0.15, -0.1) is 6.58 Å². The molecule has 0 aliphatic carbocycles. The van der Waals surface area contributed by atoms with Crippen LogP contribution in [0.15, 0.2) is 43.0 Å². The Balaban J connectivity index is 2.07. The fourth-order valence-electron chi connectivity index (χ4n) is 3.07. The first kappa shape index (κ1) is 20.6. The number of rotatable bonds is 9. The molecule has 0 aromatic heterocycles. The maximum Gasteiger partial charge on any atom is 0.254 e. The zero-order valence-electron chi connectivity index (χ0n) is 15.8. The van der Waals surface area contributed by atoms with Crippen molar-refractivity contribution in [3.05, 3.63) is 48.6 Å². The van der Waals surface area contributed by atoms with Crippen molar-refractivity contribution in [3.8, 4) is 0 Å². The van der Waals surface area contributed by atoms with Crippen molar-refractivity contribution in [2.45, 2.75) is 18.6 Å². The number of amides is 1. The molecule has 1 N–H and O–H groups in total. The molecule has 1 heterocycles. The topological polar surface area (TPSA) is 62.2 Å². The van der Waals surface area contributed by atoms with E-state index >= 15 is 0 Å². The first-order chi connectivity index (χ1) is 12.5. The van der Waals surface area contributed by atoms with Crippen LogP contribution in [-0.2, 0) is 9.47 Å². The summed E-state index contributed by atoms with van der Waals surface area (Å²) in [5.74, 6) is -0.0305. The molecule has 1 aliphatic heterocycles. The van der Waals surface area contributed by atoms with Gasteiger partial charge in [-0.05, 0) is 19.1 Å². The van der Waals surface area contributed by atoms with E-state index in [1.807, 2.05) is 37.3 Å². The number of ether oxygens (including phenoxy) is 2. The van der Waals surface area contributed by atoms with Crippen LogP contribution >= 0.6 is 0 Å². The lowest BCUT2D eigenvalue weighted by atomic mass is 9.99. The van der Waals surface area contributed by atoms with E-state index < -0.39 is 5.54 Å². The predicted molar refractivity (Wildman–Crippen MR) is 101 cm³/mol. The van der Waals surface area contributed by atoms with Gasteiger partial charge in [-0.3, -0.25) is 9.69 Å². The zero-order chi connectivity index (χ0) is 19.0. The van der Waals surface area contributed by atoms with E-state index in [1.54, 1.807) is 18.1 Å². The van der Waals surface area contributed by atoms with Gasteiger partial charge in [0.05, 0.1) is 31.5 Å². The highest BCUT2D eigenvalue weighted by atomic mass is 16.5. The van der Waals surface area contributed by atoms with Gasteiger partial charge in [0.25, 0.3) is 5.91 Å². The Hall–Kier alpha value is -1.73. The minimum absolute atomic E-state index is 0.000442. The van der Waals surface area contributed by atoms with Gasteiger partial charge in [0.15, 0.2) is 0 Å². The zero-order valence-corrected chi connectivity index (χ0v) is 15.8. The van der Waals surface area contributed by atoms with E-state index in [0.29, 0.717) is 38.4 Å². The monoisotopic (exact) mass is 362 g/mol. The van der Waals surface area contributed by atoms with Gasteiger partial charge in [0.1, 0.15) is 0 Å². The third-order valence-corrected chi connectivity index (χ3v) is 4.92. The number of benzene rings is 1. The molecule has 1 aromatic rings. The highest BCUT2D eigenvalue weighted by Gasteiger charge is 2.34. The summed E-state index contributed by atoms with van der Waals surface area (Å²) in [6, 6.07) is 9.24. The van der Waals surface area contributed by atoms with Crippen molar-refractivity contribution in [1.82, 2.24) is 9.80 Å². The molecule has 0 saturated carbocycles. The Morgan fingerprint density at radius 2 is 2.23 bits per heavy atom.